The number of methoxy groups -OCH3 is 1. The molecule has 2 aromatic carbocycles. The van der Waals surface area contributed by atoms with Crippen LogP contribution in [0.2, 0.25) is 0 Å². The fourth-order valence-corrected chi connectivity index (χ4v) is 5.16. The average Bonchev–Trinajstić information content (AvgIpc) is 3.44. The highest BCUT2D eigenvalue weighted by Gasteiger charge is 2.25. The smallest absolute Gasteiger partial charge is 0.253 e. The molecule has 8 heteroatoms. The predicted octanol–water partition coefficient (Wildman–Crippen LogP) is 7.39. The van der Waals surface area contributed by atoms with Crippen molar-refractivity contribution >= 4 is 16.8 Å². The van der Waals surface area contributed by atoms with E-state index in [1.54, 1.807) is 30.7 Å². The summed E-state index contributed by atoms with van der Waals surface area (Å²) in [7, 11) is 1.26. The summed E-state index contributed by atoms with van der Waals surface area (Å²) in [6.45, 7) is 4.52. The first kappa shape index (κ1) is 27.2. The number of halogens is 3. The topological polar surface area (TPSA) is 67.0 Å². The summed E-state index contributed by atoms with van der Waals surface area (Å²) in [5.41, 5.74) is 3.08. The van der Waals surface area contributed by atoms with Gasteiger partial charge in [-0.3, -0.25) is 9.78 Å². The molecule has 1 aliphatic rings. The Labute approximate surface area is 220 Å². The van der Waals surface area contributed by atoms with Crippen LogP contribution in [0, 0.1) is 23.4 Å². The van der Waals surface area contributed by atoms with E-state index < -0.39 is 11.6 Å². The molecule has 0 aliphatic heterocycles. The van der Waals surface area contributed by atoms with Crippen LogP contribution < -0.4 is 10.1 Å². The van der Waals surface area contributed by atoms with E-state index in [0.29, 0.717) is 35.1 Å². The Morgan fingerprint density at radius 2 is 1.82 bits per heavy atom. The van der Waals surface area contributed by atoms with Gasteiger partial charge < -0.3 is 15.0 Å². The van der Waals surface area contributed by atoms with Crippen molar-refractivity contribution in [3.63, 3.8) is 0 Å². The van der Waals surface area contributed by atoms with Gasteiger partial charge in [-0.1, -0.05) is 13.8 Å². The van der Waals surface area contributed by atoms with Crippen LogP contribution in [-0.2, 0) is 0 Å². The summed E-state index contributed by atoms with van der Waals surface area (Å²) < 4.78 is 46.6. The molecule has 1 saturated carbocycles. The number of H-pyrrole nitrogens is 1. The van der Waals surface area contributed by atoms with E-state index in [9.17, 15) is 18.0 Å². The Morgan fingerprint density at radius 3 is 2.55 bits per heavy atom. The molecule has 0 atom stereocenters. The van der Waals surface area contributed by atoms with Crippen molar-refractivity contribution in [2.24, 2.45) is 5.92 Å². The Hall–Kier alpha value is -3.81. The minimum absolute atomic E-state index is 0.223. The van der Waals surface area contributed by atoms with Gasteiger partial charge in [0.2, 0.25) is 5.82 Å². The Balaban J connectivity index is 0.00000164. The van der Waals surface area contributed by atoms with Crippen molar-refractivity contribution in [3.8, 4) is 16.9 Å². The standard InChI is InChI=1S/C28H26F3N3O2.C2H6/c1-36-26-11-18(10-24(30)27(26)31)22-14-32-15-23(22)28(35)34-13-16-2-4-17(5-3-16)20-8-9-33-25-7-6-19(29)12-21(20)25;1-2/h6-12,14-17,32H,2-5,13H2,1H3,(H,34,35);1-2H3. The highest BCUT2D eigenvalue weighted by atomic mass is 19.2. The maximum atomic E-state index is 14.0. The SMILES string of the molecule is CC.COc1cc(-c2c[nH]cc2C(=O)NCC2CCC(c3ccnc4ccc(F)cc34)CC2)cc(F)c1F. The van der Waals surface area contributed by atoms with Gasteiger partial charge in [-0.05, 0) is 85.0 Å². The van der Waals surface area contributed by atoms with Gasteiger partial charge in [0.25, 0.3) is 5.91 Å². The van der Waals surface area contributed by atoms with Gasteiger partial charge in [0.1, 0.15) is 5.82 Å². The zero-order valence-electron chi connectivity index (χ0n) is 21.8. The van der Waals surface area contributed by atoms with Crippen LogP contribution in [0.1, 0.15) is 61.4 Å². The van der Waals surface area contributed by atoms with Gasteiger partial charge in [0.05, 0.1) is 18.2 Å². The lowest BCUT2D eigenvalue weighted by Gasteiger charge is -2.29. The number of fused-ring (bicyclic) bond motifs is 1. The van der Waals surface area contributed by atoms with Crippen LogP contribution >= 0.6 is 0 Å². The summed E-state index contributed by atoms with van der Waals surface area (Å²) in [6.07, 6.45) is 8.66. The maximum Gasteiger partial charge on any atom is 0.253 e. The second-order valence-electron chi connectivity index (χ2n) is 9.25. The number of nitrogens with zero attached hydrogens (tertiary/aromatic N) is 1. The van der Waals surface area contributed by atoms with Crippen molar-refractivity contribution < 1.29 is 22.7 Å². The van der Waals surface area contributed by atoms with E-state index in [2.05, 4.69) is 15.3 Å². The molecule has 1 fully saturated rings. The van der Waals surface area contributed by atoms with Crippen molar-refractivity contribution in [3.05, 3.63) is 83.6 Å². The second kappa shape index (κ2) is 12.2. The van der Waals surface area contributed by atoms with Crippen LogP contribution in [-0.4, -0.2) is 29.5 Å². The van der Waals surface area contributed by atoms with E-state index in [1.165, 1.54) is 19.2 Å². The van der Waals surface area contributed by atoms with Crippen LogP contribution in [0.3, 0.4) is 0 Å². The van der Waals surface area contributed by atoms with E-state index in [0.717, 1.165) is 48.2 Å². The first-order chi connectivity index (χ1) is 18.4. The highest BCUT2D eigenvalue weighted by Crippen LogP contribution is 2.38. The summed E-state index contributed by atoms with van der Waals surface area (Å²) in [4.78, 5) is 20.2. The molecule has 0 unspecified atom stereocenters. The lowest BCUT2D eigenvalue weighted by Crippen LogP contribution is -2.31. The number of carbonyl (C=O) groups is 1. The van der Waals surface area contributed by atoms with E-state index in [1.807, 2.05) is 19.9 Å². The molecule has 4 aromatic rings. The van der Waals surface area contributed by atoms with Crippen LogP contribution in [0.15, 0.2) is 55.0 Å². The molecule has 38 heavy (non-hydrogen) atoms. The third-order valence-electron chi connectivity index (χ3n) is 7.09. The lowest BCUT2D eigenvalue weighted by atomic mass is 9.78. The Kier molecular flexibility index (Phi) is 8.71. The number of aromatic amines is 1. The summed E-state index contributed by atoms with van der Waals surface area (Å²) in [5, 5.41) is 3.86. The maximum absolute atomic E-state index is 14.0. The molecule has 2 aromatic heterocycles. The van der Waals surface area contributed by atoms with E-state index in [-0.39, 0.29) is 17.5 Å². The number of carbonyl (C=O) groups excluding carboxylic acids is 1. The van der Waals surface area contributed by atoms with E-state index >= 15 is 0 Å². The number of pyridine rings is 1. The summed E-state index contributed by atoms with van der Waals surface area (Å²) in [6, 6.07) is 9.09. The molecule has 1 aliphatic carbocycles. The minimum atomic E-state index is -1.07. The molecule has 5 nitrogen and oxygen atoms in total. The molecule has 0 spiro atoms. The third-order valence-corrected chi connectivity index (χ3v) is 7.09. The number of rotatable bonds is 6. The van der Waals surface area contributed by atoms with Gasteiger partial charge >= 0.3 is 0 Å². The van der Waals surface area contributed by atoms with Crippen molar-refractivity contribution in [2.75, 3.05) is 13.7 Å². The molecule has 0 bridgehead atoms. The summed E-state index contributed by atoms with van der Waals surface area (Å²) in [5.74, 6) is -2.24. The number of ether oxygens (including phenoxy) is 1. The van der Waals surface area contributed by atoms with Gasteiger partial charge in [-0.2, -0.15) is 4.39 Å². The lowest BCUT2D eigenvalue weighted by molar-refractivity contribution is 0.0943. The number of amides is 1. The second-order valence-corrected chi connectivity index (χ2v) is 9.25. The molecular formula is C30H32F3N3O2. The number of aromatic nitrogens is 2. The first-order valence-electron chi connectivity index (χ1n) is 13.0. The zero-order valence-corrected chi connectivity index (χ0v) is 21.8. The van der Waals surface area contributed by atoms with Crippen LogP contribution in [0.5, 0.6) is 5.75 Å². The van der Waals surface area contributed by atoms with Gasteiger partial charge in [-0.15, -0.1) is 0 Å². The molecule has 0 saturated heterocycles. The first-order valence-corrected chi connectivity index (χ1v) is 13.0. The molecular weight excluding hydrogens is 491 g/mol. The molecule has 1 amide bonds. The fourth-order valence-electron chi connectivity index (χ4n) is 5.16. The number of hydrogen-bond donors (Lipinski definition) is 2. The monoisotopic (exact) mass is 523 g/mol. The largest absolute Gasteiger partial charge is 0.494 e. The Morgan fingerprint density at radius 1 is 1.05 bits per heavy atom. The van der Waals surface area contributed by atoms with Crippen molar-refractivity contribution in [1.82, 2.24) is 15.3 Å². The van der Waals surface area contributed by atoms with E-state index in [4.69, 9.17) is 4.74 Å². The number of nitrogens with one attached hydrogen (secondary N) is 2. The Bertz CT molecular complexity index is 1410. The molecule has 2 N–H and O–H groups in total. The van der Waals surface area contributed by atoms with Gasteiger partial charge in [0, 0.05) is 36.1 Å². The van der Waals surface area contributed by atoms with Crippen molar-refractivity contribution in [2.45, 2.75) is 45.4 Å². The normalized spacial score (nSPS) is 17.0. The van der Waals surface area contributed by atoms with Crippen LogP contribution in [0.25, 0.3) is 22.0 Å². The minimum Gasteiger partial charge on any atom is -0.494 e. The average molecular weight is 524 g/mol. The highest BCUT2D eigenvalue weighted by molar-refractivity contribution is 6.00. The number of benzene rings is 2. The fraction of sp³-hybridized carbons (Fsp3) is 0.333. The molecule has 0 radical (unpaired) electrons. The van der Waals surface area contributed by atoms with Gasteiger partial charge in [-0.25, -0.2) is 8.78 Å². The predicted molar refractivity (Wildman–Crippen MR) is 143 cm³/mol. The number of hydrogen-bond acceptors (Lipinski definition) is 3. The quantitative estimate of drug-likeness (QED) is 0.277. The summed E-state index contributed by atoms with van der Waals surface area (Å²) >= 11 is 0. The molecule has 200 valence electrons. The molecule has 5 rings (SSSR count). The van der Waals surface area contributed by atoms with Crippen molar-refractivity contribution in [1.29, 1.82) is 0 Å². The third kappa shape index (κ3) is 5.69. The zero-order chi connectivity index (χ0) is 27.2. The molecule has 2 heterocycles. The van der Waals surface area contributed by atoms with Gasteiger partial charge in [0.15, 0.2) is 11.6 Å². The van der Waals surface area contributed by atoms with Crippen LogP contribution in [0.4, 0.5) is 13.2 Å².